The zero-order valence-corrected chi connectivity index (χ0v) is 14.5. The molecule has 3 aromatic carbocycles. The molecule has 0 saturated carbocycles. The molecule has 0 bridgehead atoms. The molecule has 1 heterocycles. The number of thioether (sulfide) groups is 1. The van der Waals surface area contributed by atoms with Gasteiger partial charge in [0.1, 0.15) is 5.82 Å². The van der Waals surface area contributed by atoms with E-state index in [0.29, 0.717) is 16.7 Å². The van der Waals surface area contributed by atoms with Gasteiger partial charge in [-0.2, -0.15) is 0 Å². The van der Waals surface area contributed by atoms with E-state index in [1.165, 1.54) is 4.90 Å². The van der Waals surface area contributed by atoms with Gasteiger partial charge in [-0.25, -0.2) is 4.98 Å². The molecular weight excluding hydrogens is 328 g/mol. The normalized spacial score (nSPS) is 10.9. The van der Waals surface area contributed by atoms with Gasteiger partial charge in [-0.1, -0.05) is 42.5 Å². The summed E-state index contributed by atoms with van der Waals surface area (Å²) in [5.74, 6) is 0.589. The smallest absolute Gasteiger partial charge is 0.259 e. The monoisotopic (exact) mass is 344 g/mol. The van der Waals surface area contributed by atoms with Crippen LogP contribution >= 0.6 is 11.8 Å². The third kappa shape index (κ3) is 3.08. The van der Waals surface area contributed by atoms with Gasteiger partial charge >= 0.3 is 0 Å². The maximum Gasteiger partial charge on any atom is 0.259 e. The number of aromatic amines is 1. The van der Waals surface area contributed by atoms with Crippen LogP contribution in [0.3, 0.4) is 0 Å². The lowest BCUT2D eigenvalue weighted by Gasteiger charge is -2.07. The van der Waals surface area contributed by atoms with Crippen molar-refractivity contribution >= 4 is 22.7 Å². The summed E-state index contributed by atoms with van der Waals surface area (Å²) in [5, 5.41) is 0.607. The number of hydrogen-bond acceptors (Lipinski definition) is 3. The lowest BCUT2D eigenvalue weighted by molar-refractivity contribution is 1.18. The predicted octanol–water partition coefficient (Wildman–Crippen LogP) is 4.98. The lowest BCUT2D eigenvalue weighted by Crippen LogP contribution is -2.09. The van der Waals surface area contributed by atoms with Crippen LogP contribution in [0, 0.1) is 0 Å². The van der Waals surface area contributed by atoms with Gasteiger partial charge in [0.25, 0.3) is 5.56 Å². The van der Waals surface area contributed by atoms with E-state index in [2.05, 4.69) is 52.6 Å². The Kier molecular flexibility index (Phi) is 4.12. The largest absolute Gasteiger partial charge is 0.306 e. The lowest BCUT2D eigenvalue weighted by atomic mass is 10.0. The summed E-state index contributed by atoms with van der Waals surface area (Å²) in [6.45, 7) is 0. The van der Waals surface area contributed by atoms with E-state index in [0.717, 1.165) is 16.7 Å². The number of nitrogens with zero attached hydrogens (tertiary/aromatic N) is 1. The Morgan fingerprint density at radius 2 is 1.60 bits per heavy atom. The van der Waals surface area contributed by atoms with Crippen molar-refractivity contribution in [1.29, 1.82) is 0 Å². The number of rotatable bonds is 3. The summed E-state index contributed by atoms with van der Waals surface area (Å²) < 4.78 is 0. The van der Waals surface area contributed by atoms with Gasteiger partial charge < -0.3 is 4.98 Å². The van der Waals surface area contributed by atoms with Gasteiger partial charge in [-0.3, -0.25) is 4.79 Å². The number of hydrogen-bond donors (Lipinski definition) is 1. The van der Waals surface area contributed by atoms with Crippen LogP contribution in [0.1, 0.15) is 0 Å². The van der Waals surface area contributed by atoms with Crippen LogP contribution in [0.4, 0.5) is 0 Å². The number of fused-ring (bicyclic) bond motifs is 1. The molecule has 1 aromatic heterocycles. The minimum atomic E-state index is -0.115. The number of H-pyrrole nitrogens is 1. The molecule has 0 aliphatic rings. The summed E-state index contributed by atoms with van der Waals surface area (Å²) in [5.41, 5.74) is 3.73. The maximum absolute atomic E-state index is 12.3. The van der Waals surface area contributed by atoms with E-state index in [4.69, 9.17) is 0 Å². The molecule has 0 saturated heterocycles. The highest BCUT2D eigenvalue weighted by Crippen LogP contribution is 2.26. The van der Waals surface area contributed by atoms with E-state index in [-0.39, 0.29) is 5.56 Å². The Labute approximate surface area is 149 Å². The number of para-hydroxylation sites is 1. The Morgan fingerprint density at radius 3 is 2.40 bits per heavy atom. The average molecular weight is 344 g/mol. The van der Waals surface area contributed by atoms with Crippen LogP contribution in [0.15, 0.2) is 82.5 Å². The van der Waals surface area contributed by atoms with E-state index in [9.17, 15) is 4.79 Å². The van der Waals surface area contributed by atoms with Gasteiger partial charge in [-0.05, 0) is 47.7 Å². The Hall–Kier alpha value is -2.85. The zero-order valence-electron chi connectivity index (χ0n) is 13.7. The minimum absolute atomic E-state index is 0.115. The molecule has 0 aliphatic heterocycles. The van der Waals surface area contributed by atoms with Gasteiger partial charge in [0.05, 0.1) is 10.9 Å². The van der Waals surface area contributed by atoms with Gasteiger partial charge in [0, 0.05) is 10.5 Å². The molecule has 0 amide bonds. The SMILES string of the molecule is CSc1ccc(-c2cccc(-c3nc4ccccc4c(=O)[nH]3)c2)cc1. The fourth-order valence-electron chi connectivity index (χ4n) is 2.85. The van der Waals surface area contributed by atoms with Crippen LogP contribution in [0.2, 0.25) is 0 Å². The standard InChI is InChI=1S/C21H16N2OS/c1-25-17-11-9-14(10-12-17)15-5-4-6-16(13-15)20-22-19-8-3-2-7-18(19)21(24)23-20/h2-13H,1H3,(H,22,23,24). The second-order valence-electron chi connectivity index (χ2n) is 5.74. The van der Waals surface area contributed by atoms with E-state index >= 15 is 0 Å². The third-order valence-corrected chi connectivity index (χ3v) is 4.92. The Balaban J connectivity index is 1.80. The highest BCUT2D eigenvalue weighted by atomic mass is 32.2. The predicted molar refractivity (Wildman–Crippen MR) is 105 cm³/mol. The van der Waals surface area contributed by atoms with E-state index in [1.54, 1.807) is 17.8 Å². The first kappa shape index (κ1) is 15.7. The number of aromatic nitrogens is 2. The van der Waals surface area contributed by atoms with Gasteiger partial charge in [0.2, 0.25) is 0 Å². The summed E-state index contributed by atoms with van der Waals surface area (Å²) in [4.78, 5) is 21.0. The molecule has 0 atom stereocenters. The number of nitrogens with one attached hydrogen (secondary N) is 1. The molecule has 4 heteroatoms. The highest BCUT2D eigenvalue weighted by molar-refractivity contribution is 7.98. The second-order valence-corrected chi connectivity index (χ2v) is 6.62. The molecule has 0 spiro atoms. The van der Waals surface area contributed by atoms with Crippen molar-refractivity contribution in [1.82, 2.24) is 9.97 Å². The first-order chi connectivity index (χ1) is 12.2. The molecular formula is C21H16N2OS. The molecule has 4 rings (SSSR count). The van der Waals surface area contributed by atoms with Crippen molar-refractivity contribution in [2.75, 3.05) is 6.26 Å². The highest BCUT2D eigenvalue weighted by Gasteiger charge is 2.07. The van der Waals surface area contributed by atoms with Crippen LogP contribution in [-0.4, -0.2) is 16.2 Å². The molecule has 0 unspecified atom stereocenters. The van der Waals surface area contributed by atoms with Crippen LogP contribution < -0.4 is 5.56 Å². The number of benzene rings is 3. The Morgan fingerprint density at radius 1 is 0.840 bits per heavy atom. The summed E-state index contributed by atoms with van der Waals surface area (Å²) in [6.07, 6.45) is 2.07. The molecule has 1 N–H and O–H groups in total. The first-order valence-corrected chi connectivity index (χ1v) is 9.21. The summed E-state index contributed by atoms with van der Waals surface area (Å²) >= 11 is 1.73. The maximum atomic E-state index is 12.3. The molecule has 3 nitrogen and oxygen atoms in total. The average Bonchev–Trinajstić information content (AvgIpc) is 2.68. The molecule has 0 radical (unpaired) electrons. The molecule has 25 heavy (non-hydrogen) atoms. The zero-order chi connectivity index (χ0) is 17.2. The second kappa shape index (κ2) is 6.57. The first-order valence-electron chi connectivity index (χ1n) is 7.98. The summed E-state index contributed by atoms with van der Waals surface area (Å²) in [7, 11) is 0. The van der Waals surface area contributed by atoms with E-state index in [1.807, 2.05) is 30.3 Å². The summed E-state index contributed by atoms with van der Waals surface area (Å²) in [6, 6.07) is 23.9. The fourth-order valence-corrected chi connectivity index (χ4v) is 3.26. The Bertz CT molecular complexity index is 1100. The van der Waals surface area contributed by atoms with Crippen molar-refractivity contribution in [3.8, 4) is 22.5 Å². The van der Waals surface area contributed by atoms with Crippen molar-refractivity contribution in [2.45, 2.75) is 4.90 Å². The van der Waals surface area contributed by atoms with Crippen molar-refractivity contribution in [3.63, 3.8) is 0 Å². The van der Waals surface area contributed by atoms with Crippen molar-refractivity contribution < 1.29 is 0 Å². The van der Waals surface area contributed by atoms with Gasteiger partial charge in [-0.15, -0.1) is 11.8 Å². The van der Waals surface area contributed by atoms with Crippen molar-refractivity contribution in [3.05, 3.63) is 83.2 Å². The quantitative estimate of drug-likeness (QED) is 0.533. The molecule has 122 valence electrons. The van der Waals surface area contributed by atoms with Crippen LogP contribution in [0.5, 0.6) is 0 Å². The third-order valence-electron chi connectivity index (χ3n) is 4.17. The van der Waals surface area contributed by atoms with E-state index < -0.39 is 0 Å². The fraction of sp³-hybridized carbons (Fsp3) is 0.0476. The molecule has 0 aliphatic carbocycles. The topological polar surface area (TPSA) is 45.8 Å². The minimum Gasteiger partial charge on any atom is -0.306 e. The van der Waals surface area contributed by atoms with Crippen LogP contribution in [0.25, 0.3) is 33.4 Å². The van der Waals surface area contributed by atoms with Crippen molar-refractivity contribution in [2.24, 2.45) is 0 Å². The van der Waals surface area contributed by atoms with Crippen LogP contribution in [-0.2, 0) is 0 Å². The molecule has 0 fully saturated rings. The van der Waals surface area contributed by atoms with Gasteiger partial charge in [0.15, 0.2) is 0 Å². The molecule has 4 aromatic rings.